The van der Waals surface area contributed by atoms with Crippen molar-refractivity contribution in [3.05, 3.63) is 77.7 Å². The number of anilines is 1. The number of fused-ring (bicyclic) bond motifs is 1. The van der Waals surface area contributed by atoms with Gasteiger partial charge in [0, 0.05) is 16.8 Å². The Labute approximate surface area is 215 Å². The summed E-state index contributed by atoms with van der Waals surface area (Å²) in [4.78, 5) is 41.0. The minimum absolute atomic E-state index is 0.0980. The van der Waals surface area contributed by atoms with Gasteiger partial charge in [0.1, 0.15) is 23.6 Å². The van der Waals surface area contributed by atoms with Crippen molar-refractivity contribution < 1.29 is 18.8 Å². The van der Waals surface area contributed by atoms with Crippen LogP contribution in [-0.2, 0) is 16.1 Å². The Morgan fingerprint density at radius 1 is 1.05 bits per heavy atom. The smallest absolute Gasteiger partial charge is 0.251 e. The van der Waals surface area contributed by atoms with E-state index in [2.05, 4.69) is 15.6 Å². The Morgan fingerprint density at radius 2 is 1.76 bits per heavy atom. The summed E-state index contributed by atoms with van der Waals surface area (Å²) in [5.41, 5.74) is 1.80. The van der Waals surface area contributed by atoms with Crippen LogP contribution < -0.4 is 10.2 Å². The summed E-state index contributed by atoms with van der Waals surface area (Å²) in [6, 6.07) is 16.3. The molecule has 0 spiro atoms. The van der Waals surface area contributed by atoms with Crippen LogP contribution in [0.1, 0.15) is 62.0 Å². The third-order valence-electron chi connectivity index (χ3n) is 6.41. The monoisotopic (exact) mass is 501 g/mol. The normalized spacial score (nSPS) is 12.4. The topological polar surface area (TPSA) is 110 Å². The first-order valence-corrected chi connectivity index (χ1v) is 12.2. The fraction of sp³-hybridized carbons (Fsp3) is 0.321. The maximum absolute atomic E-state index is 14.0. The first-order chi connectivity index (χ1) is 17.6. The molecule has 0 saturated carbocycles. The number of furan rings is 1. The van der Waals surface area contributed by atoms with E-state index >= 15 is 0 Å². The molecule has 0 aliphatic heterocycles. The molecule has 4 aromatic rings. The lowest BCUT2D eigenvalue weighted by Crippen LogP contribution is -2.51. The van der Waals surface area contributed by atoms with E-state index in [1.165, 1.54) is 16.5 Å². The van der Waals surface area contributed by atoms with Crippen LogP contribution in [0.2, 0.25) is 0 Å². The molecule has 2 aromatic carbocycles. The summed E-state index contributed by atoms with van der Waals surface area (Å²) in [6.07, 6.45) is 0.689. The van der Waals surface area contributed by atoms with Crippen molar-refractivity contribution in [2.45, 2.75) is 59.2 Å². The molecule has 1 N–H and O–H groups in total. The Hall–Kier alpha value is -4.27. The van der Waals surface area contributed by atoms with E-state index in [4.69, 9.17) is 4.42 Å². The maximum Gasteiger partial charge on any atom is 0.251 e. The fourth-order valence-electron chi connectivity index (χ4n) is 4.00. The largest absolute Gasteiger partial charge is 0.464 e. The summed E-state index contributed by atoms with van der Waals surface area (Å²) >= 11 is 0. The molecule has 0 unspecified atom stereocenters. The third-order valence-corrected chi connectivity index (χ3v) is 6.41. The fourth-order valence-corrected chi connectivity index (χ4v) is 4.00. The second-order valence-corrected chi connectivity index (χ2v) is 9.68. The van der Waals surface area contributed by atoms with Gasteiger partial charge < -0.3 is 9.73 Å². The van der Waals surface area contributed by atoms with E-state index in [0.29, 0.717) is 40.2 Å². The molecule has 0 saturated heterocycles. The maximum atomic E-state index is 14.0. The standard InChI is InChI=1S/C28H31N5O4/c1-6-28(4,5)29-27(36)26(24-16-11-18(2)37-24)33(21-14-12-20(13-15-21)19(3)34)25(35)17-32-23-10-8-7-9-22(23)30-31-32/h7-16,26H,6,17H2,1-5H3,(H,29,36)/t26-/m0/s1. The second kappa shape index (κ2) is 10.4. The summed E-state index contributed by atoms with van der Waals surface area (Å²) in [5.74, 6) is 0.0704. The lowest BCUT2D eigenvalue weighted by atomic mass is 10.0. The van der Waals surface area contributed by atoms with Crippen LogP contribution in [0, 0.1) is 6.92 Å². The number of aromatic nitrogens is 3. The molecule has 2 aromatic heterocycles. The number of hydrogen-bond donors (Lipinski definition) is 1. The SMILES string of the molecule is CCC(C)(C)NC(=O)[C@H](c1ccc(C)o1)N(C(=O)Cn1nnc2ccccc21)c1ccc(C(C)=O)cc1. The van der Waals surface area contributed by atoms with Crippen LogP contribution in [0.25, 0.3) is 11.0 Å². The van der Waals surface area contributed by atoms with Gasteiger partial charge in [0.25, 0.3) is 5.91 Å². The van der Waals surface area contributed by atoms with Gasteiger partial charge in [-0.05, 0) is 82.6 Å². The molecule has 4 rings (SSSR count). The van der Waals surface area contributed by atoms with Crippen LogP contribution in [0.5, 0.6) is 0 Å². The molecule has 0 aliphatic carbocycles. The van der Waals surface area contributed by atoms with Crippen molar-refractivity contribution in [1.29, 1.82) is 0 Å². The van der Waals surface area contributed by atoms with Crippen molar-refractivity contribution >= 4 is 34.3 Å². The van der Waals surface area contributed by atoms with Gasteiger partial charge in [0.15, 0.2) is 11.8 Å². The molecule has 1 atom stereocenters. The van der Waals surface area contributed by atoms with Crippen molar-refractivity contribution in [2.75, 3.05) is 4.90 Å². The second-order valence-electron chi connectivity index (χ2n) is 9.68. The van der Waals surface area contributed by atoms with Crippen molar-refractivity contribution in [2.24, 2.45) is 0 Å². The summed E-state index contributed by atoms with van der Waals surface area (Å²) < 4.78 is 7.40. The average molecular weight is 502 g/mol. The van der Waals surface area contributed by atoms with E-state index < -0.39 is 17.5 Å². The Morgan fingerprint density at radius 3 is 2.38 bits per heavy atom. The minimum Gasteiger partial charge on any atom is -0.464 e. The van der Waals surface area contributed by atoms with Crippen LogP contribution in [0.4, 0.5) is 5.69 Å². The number of rotatable bonds is 9. The van der Waals surface area contributed by atoms with Gasteiger partial charge in [-0.1, -0.05) is 24.3 Å². The number of carbonyl (C=O) groups excluding carboxylic acids is 3. The van der Waals surface area contributed by atoms with Gasteiger partial charge in [-0.25, -0.2) is 4.68 Å². The van der Waals surface area contributed by atoms with Gasteiger partial charge in [-0.2, -0.15) is 0 Å². The molecule has 0 fully saturated rings. The van der Waals surface area contributed by atoms with Crippen molar-refractivity contribution in [3.8, 4) is 0 Å². The lowest BCUT2D eigenvalue weighted by molar-refractivity contribution is -0.128. The molecule has 192 valence electrons. The number of Topliss-reactive ketones (excluding diaryl/α,β-unsaturated/α-hetero) is 1. The third kappa shape index (κ3) is 5.61. The van der Waals surface area contributed by atoms with E-state index in [9.17, 15) is 14.4 Å². The highest BCUT2D eigenvalue weighted by Crippen LogP contribution is 2.31. The molecule has 2 heterocycles. The highest BCUT2D eigenvalue weighted by atomic mass is 16.3. The predicted molar refractivity (Wildman–Crippen MR) is 140 cm³/mol. The van der Waals surface area contributed by atoms with Gasteiger partial charge >= 0.3 is 0 Å². The predicted octanol–water partition coefficient (Wildman–Crippen LogP) is 4.61. The lowest BCUT2D eigenvalue weighted by Gasteiger charge is -2.33. The highest BCUT2D eigenvalue weighted by Gasteiger charge is 2.37. The number of hydrogen-bond acceptors (Lipinski definition) is 6. The van der Waals surface area contributed by atoms with E-state index in [0.717, 1.165) is 0 Å². The molecule has 0 bridgehead atoms. The molecule has 37 heavy (non-hydrogen) atoms. The Balaban J connectivity index is 1.81. The molecule has 0 radical (unpaired) electrons. The number of amides is 2. The Kier molecular flexibility index (Phi) is 7.24. The molecule has 9 nitrogen and oxygen atoms in total. The first-order valence-electron chi connectivity index (χ1n) is 12.2. The highest BCUT2D eigenvalue weighted by molar-refractivity contribution is 6.02. The molecular weight excluding hydrogens is 470 g/mol. The zero-order chi connectivity index (χ0) is 26.7. The van der Waals surface area contributed by atoms with Crippen molar-refractivity contribution in [3.63, 3.8) is 0 Å². The number of nitrogens with zero attached hydrogens (tertiary/aromatic N) is 4. The van der Waals surface area contributed by atoms with Crippen LogP contribution in [0.15, 0.2) is 65.1 Å². The van der Waals surface area contributed by atoms with Gasteiger partial charge in [-0.3, -0.25) is 19.3 Å². The zero-order valence-electron chi connectivity index (χ0n) is 21.7. The molecule has 2 amide bonds. The van der Waals surface area contributed by atoms with Crippen molar-refractivity contribution in [1.82, 2.24) is 20.3 Å². The average Bonchev–Trinajstić information content (AvgIpc) is 3.48. The number of carbonyl (C=O) groups is 3. The number of ketones is 1. The van der Waals surface area contributed by atoms with Crippen LogP contribution in [-0.4, -0.2) is 38.1 Å². The summed E-state index contributed by atoms with van der Waals surface area (Å²) in [6.45, 7) is 8.92. The number of nitrogens with one attached hydrogen (secondary N) is 1. The molecule has 0 aliphatic rings. The van der Waals surface area contributed by atoms with E-state index in [-0.39, 0.29) is 18.2 Å². The van der Waals surface area contributed by atoms with Gasteiger partial charge in [0.05, 0.1) is 5.52 Å². The number of benzene rings is 2. The van der Waals surface area contributed by atoms with E-state index in [1.54, 1.807) is 43.3 Å². The summed E-state index contributed by atoms with van der Waals surface area (Å²) in [7, 11) is 0. The quantitative estimate of drug-likeness (QED) is 0.335. The summed E-state index contributed by atoms with van der Waals surface area (Å²) in [5, 5.41) is 11.4. The number of para-hydroxylation sites is 1. The number of aryl methyl sites for hydroxylation is 1. The Bertz CT molecular complexity index is 1430. The van der Waals surface area contributed by atoms with Gasteiger partial charge in [0.2, 0.25) is 5.91 Å². The van der Waals surface area contributed by atoms with Gasteiger partial charge in [-0.15, -0.1) is 5.10 Å². The van der Waals surface area contributed by atoms with Crippen LogP contribution in [0.3, 0.4) is 0 Å². The van der Waals surface area contributed by atoms with E-state index in [1.807, 2.05) is 45.0 Å². The van der Waals surface area contributed by atoms with Crippen LogP contribution >= 0.6 is 0 Å². The minimum atomic E-state index is -1.09. The zero-order valence-corrected chi connectivity index (χ0v) is 21.7. The molecule has 9 heteroatoms. The first kappa shape index (κ1) is 25.8. The molecular formula is C28H31N5O4.